The molecule has 0 fully saturated rings. The van der Waals surface area contributed by atoms with E-state index in [1.54, 1.807) is 0 Å². The van der Waals surface area contributed by atoms with E-state index in [1.165, 1.54) is 116 Å². The van der Waals surface area contributed by atoms with Gasteiger partial charge < -0.3 is 14.2 Å². The Kier molecular flexibility index (Phi) is 35.1. The number of unbranched alkanes of at least 4 members (excludes halogenated alkanes) is 22. The molecule has 1 atom stereocenters. The number of carbonyl (C=O) groups excluding carboxylic acids is 3. The molecule has 0 heterocycles. The Morgan fingerprint density at radius 3 is 1.34 bits per heavy atom. The van der Waals surface area contributed by atoms with Crippen LogP contribution in [0, 0.1) is 0 Å². The van der Waals surface area contributed by atoms with Crippen LogP contribution in [-0.2, 0) is 28.6 Å². The Labute approximate surface area is 290 Å². The van der Waals surface area contributed by atoms with Crippen molar-refractivity contribution in [2.45, 2.75) is 207 Å². The van der Waals surface area contributed by atoms with Gasteiger partial charge in [-0.05, 0) is 44.9 Å². The Hall–Kier alpha value is -2.11. The highest BCUT2D eigenvalue weighted by Gasteiger charge is 2.18. The summed E-state index contributed by atoms with van der Waals surface area (Å²) in [7, 11) is 0. The quantitative estimate of drug-likeness (QED) is 0.0291. The van der Waals surface area contributed by atoms with Crippen molar-refractivity contribution in [2.75, 3.05) is 13.2 Å². The molecule has 0 saturated carbocycles. The number of carbonyl (C=O) groups is 3. The molecular weight excluding hydrogens is 588 g/mol. The molecule has 274 valence electrons. The largest absolute Gasteiger partial charge is 0.462 e. The summed E-state index contributed by atoms with van der Waals surface area (Å²) in [4.78, 5) is 35.9. The topological polar surface area (TPSA) is 78.9 Å². The van der Waals surface area contributed by atoms with E-state index in [0.29, 0.717) is 12.8 Å². The number of allylic oxidation sites excluding steroid dienone is 4. The summed E-state index contributed by atoms with van der Waals surface area (Å²) in [6.07, 6.45) is 40.5. The molecule has 47 heavy (non-hydrogen) atoms. The zero-order valence-corrected chi connectivity index (χ0v) is 31.0. The molecule has 0 aliphatic heterocycles. The van der Waals surface area contributed by atoms with E-state index in [-0.39, 0.29) is 25.2 Å². The van der Waals surface area contributed by atoms with E-state index in [9.17, 15) is 14.4 Å². The molecule has 0 spiro atoms. The zero-order chi connectivity index (χ0) is 34.5. The maximum atomic E-state index is 12.4. The van der Waals surface area contributed by atoms with E-state index in [1.807, 2.05) is 0 Å². The summed E-state index contributed by atoms with van der Waals surface area (Å²) in [6, 6.07) is 0. The summed E-state index contributed by atoms with van der Waals surface area (Å²) in [5.41, 5.74) is 0. The van der Waals surface area contributed by atoms with Crippen molar-refractivity contribution in [2.24, 2.45) is 0 Å². The number of ether oxygens (including phenoxy) is 3. The van der Waals surface area contributed by atoms with Gasteiger partial charge in [0.15, 0.2) is 6.10 Å². The van der Waals surface area contributed by atoms with Crippen molar-refractivity contribution in [1.29, 1.82) is 0 Å². The maximum Gasteiger partial charge on any atom is 0.306 e. The van der Waals surface area contributed by atoms with Crippen LogP contribution in [0.25, 0.3) is 0 Å². The average molecular weight is 663 g/mol. The molecule has 0 aromatic rings. The monoisotopic (exact) mass is 663 g/mol. The summed E-state index contributed by atoms with van der Waals surface area (Å²) >= 11 is 0. The Morgan fingerprint density at radius 1 is 0.468 bits per heavy atom. The maximum absolute atomic E-state index is 12.4. The van der Waals surface area contributed by atoms with Crippen LogP contribution in [-0.4, -0.2) is 37.2 Å². The van der Waals surface area contributed by atoms with Crippen LogP contribution in [0.4, 0.5) is 0 Å². The Balaban J connectivity index is 3.85. The molecule has 6 nitrogen and oxygen atoms in total. The third-order valence-electron chi connectivity index (χ3n) is 8.52. The lowest BCUT2D eigenvalue weighted by atomic mass is 10.0. The lowest BCUT2D eigenvalue weighted by Crippen LogP contribution is -2.30. The number of hydrogen-bond acceptors (Lipinski definition) is 6. The molecule has 0 bridgehead atoms. The van der Waals surface area contributed by atoms with Gasteiger partial charge in [-0.1, -0.05) is 160 Å². The summed E-state index contributed by atoms with van der Waals surface area (Å²) in [6.45, 7) is 5.62. The number of rotatable bonds is 35. The van der Waals surface area contributed by atoms with Crippen molar-refractivity contribution in [3.63, 3.8) is 0 Å². The normalized spacial score (nSPS) is 12.1. The fourth-order valence-corrected chi connectivity index (χ4v) is 5.55. The first-order valence-electron chi connectivity index (χ1n) is 19.8. The first-order valence-corrected chi connectivity index (χ1v) is 19.8. The first kappa shape index (κ1) is 44.9. The fraction of sp³-hybridized carbons (Fsp3) is 0.829. The smallest absolute Gasteiger partial charge is 0.306 e. The van der Waals surface area contributed by atoms with Crippen LogP contribution in [0.2, 0.25) is 0 Å². The van der Waals surface area contributed by atoms with E-state index >= 15 is 0 Å². The van der Waals surface area contributed by atoms with Gasteiger partial charge in [0.2, 0.25) is 0 Å². The summed E-state index contributed by atoms with van der Waals surface area (Å²) in [5.74, 6) is -1.09. The summed E-state index contributed by atoms with van der Waals surface area (Å²) in [5, 5.41) is 0. The second kappa shape index (κ2) is 36.7. The predicted octanol–water partition coefficient (Wildman–Crippen LogP) is 12.1. The van der Waals surface area contributed by atoms with Crippen molar-refractivity contribution in [3.8, 4) is 0 Å². The highest BCUT2D eigenvalue weighted by molar-refractivity contribution is 5.70. The minimum absolute atomic E-state index is 0.0863. The number of hydrogen-bond donors (Lipinski definition) is 0. The van der Waals surface area contributed by atoms with E-state index in [0.717, 1.165) is 57.8 Å². The van der Waals surface area contributed by atoms with E-state index in [4.69, 9.17) is 14.2 Å². The second-order valence-corrected chi connectivity index (χ2v) is 13.3. The highest BCUT2D eigenvalue weighted by Crippen LogP contribution is 2.14. The molecule has 0 aliphatic rings. The van der Waals surface area contributed by atoms with Crippen molar-refractivity contribution in [1.82, 2.24) is 0 Å². The third-order valence-corrected chi connectivity index (χ3v) is 8.52. The van der Waals surface area contributed by atoms with Crippen LogP contribution in [0.3, 0.4) is 0 Å². The van der Waals surface area contributed by atoms with Crippen LogP contribution in [0.15, 0.2) is 24.3 Å². The van der Waals surface area contributed by atoms with Gasteiger partial charge in [-0.15, -0.1) is 0 Å². The van der Waals surface area contributed by atoms with Gasteiger partial charge >= 0.3 is 17.9 Å². The van der Waals surface area contributed by atoms with Crippen LogP contribution < -0.4 is 0 Å². The lowest BCUT2D eigenvalue weighted by molar-refractivity contribution is -0.166. The molecule has 0 radical (unpaired) electrons. The average Bonchev–Trinajstić information content (AvgIpc) is 3.05. The number of esters is 3. The zero-order valence-electron chi connectivity index (χ0n) is 31.0. The molecule has 0 saturated heterocycles. The van der Waals surface area contributed by atoms with Gasteiger partial charge in [-0.2, -0.15) is 0 Å². The molecule has 0 unspecified atom stereocenters. The Morgan fingerprint density at radius 2 is 0.851 bits per heavy atom. The van der Waals surface area contributed by atoms with Crippen LogP contribution >= 0.6 is 0 Å². The molecule has 0 rings (SSSR count). The minimum atomic E-state index is -0.767. The molecule has 6 heteroatoms. The standard InChI is InChI=1S/C41H74O6/c1-4-6-8-10-12-14-16-18-20-22-24-26-28-30-32-34-40(43)46-37-39(36-45-38(3)42)47-41(44)35-33-31-29-27-25-23-21-19-17-15-13-11-9-7-5-2/h12,14,18,20,39H,4-11,13,15-17,19,21-37H2,1-3H3/b14-12-,20-18-/t39-/m0/s1. The van der Waals surface area contributed by atoms with Gasteiger partial charge in [-0.3, -0.25) is 14.4 Å². The molecule has 0 amide bonds. The second-order valence-electron chi connectivity index (χ2n) is 13.3. The fourth-order valence-electron chi connectivity index (χ4n) is 5.55. The van der Waals surface area contributed by atoms with Crippen LogP contribution in [0.1, 0.15) is 201 Å². The summed E-state index contributed by atoms with van der Waals surface area (Å²) < 4.78 is 15.9. The molecule has 0 aromatic carbocycles. The van der Waals surface area contributed by atoms with Gasteiger partial charge in [0.05, 0.1) is 0 Å². The van der Waals surface area contributed by atoms with Crippen molar-refractivity contribution >= 4 is 17.9 Å². The molecule has 0 N–H and O–H groups in total. The lowest BCUT2D eigenvalue weighted by Gasteiger charge is -2.18. The van der Waals surface area contributed by atoms with E-state index < -0.39 is 12.1 Å². The Bertz CT molecular complexity index is 774. The van der Waals surface area contributed by atoms with Gasteiger partial charge in [0, 0.05) is 19.8 Å². The molecule has 0 aliphatic carbocycles. The van der Waals surface area contributed by atoms with Crippen LogP contribution in [0.5, 0.6) is 0 Å². The third kappa shape index (κ3) is 36.6. The SMILES string of the molecule is CCCCC/C=C\C/C=C\CCCCCCCC(=O)OC[C@H](COC(C)=O)OC(=O)CCCCCCCCCCCCCCCCC. The van der Waals surface area contributed by atoms with Gasteiger partial charge in [0.1, 0.15) is 13.2 Å². The van der Waals surface area contributed by atoms with Crippen molar-refractivity contribution in [3.05, 3.63) is 24.3 Å². The highest BCUT2D eigenvalue weighted by atomic mass is 16.6. The molecular formula is C41H74O6. The van der Waals surface area contributed by atoms with Crippen molar-refractivity contribution < 1.29 is 28.6 Å². The van der Waals surface area contributed by atoms with Gasteiger partial charge in [0.25, 0.3) is 0 Å². The van der Waals surface area contributed by atoms with E-state index in [2.05, 4.69) is 38.2 Å². The first-order chi connectivity index (χ1) is 23.0. The predicted molar refractivity (Wildman–Crippen MR) is 196 cm³/mol. The minimum Gasteiger partial charge on any atom is -0.462 e. The molecule has 0 aromatic heterocycles. The van der Waals surface area contributed by atoms with Gasteiger partial charge in [-0.25, -0.2) is 0 Å².